The zero-order valence-corrected chi connectivity index (χ0v) is 13.2. The van der Waals surface area contributed by atoms with Crippen molar-refractivity contribution in [3.63, 3.8) is 0 Å². The average molecular weight is 312 g/mol. The molecule has 0 unspecified atom stereocenters. The molecule has 21 heavy (non-hydrogen) atoms. The lowest BCUT2D eigenvalue weighted by Gasteiger charge is -2.33. The van der Waals surface area contributed by atoms with E-state index in [1.165, 1.54) is 17.5 Å². The number of aromatic nitrogens is 2. The van der Waals surface area contributed by atoms with E-state index in [0.717, 1.165) is 32.6 Å². The SMILES string of the molecule is CC1(CNc2c(Cl)cnn(CC3CC3)c2=O)CCOCC1. The van der Waals surface area contributed by atoms with Gasteiger partial charge >= 0.3 is 0 Å². The summed E-state index contributed by atoms with van der Waals surface area (Å²) in [6.07, 6.45) is 5.95. The third-order valence-corrected chi connectivity index (χ3v) is 4.80. The topological polar surface area (TPSA) is 56.2 Å². The summed E-state index contributed by atoms with van der Waals surface area (Å²) in [5.41, 5.74) is 0.531. The molecule has 3 rings (SSSR count). The van der Waals surface area contributed by atoms with Crippen molar-refractivity contribution in [2.75, 3.05) is 25.1 Å². The Balaban J connectivity index is 1.72. The van der Waals surface area contributed by atoms with Gasteiger partial charge in [-0.05, 0) is 37.0 Å². The Hall–Kier alpha value is -1.07. The van der Waals surface area contributed by atoms with Crippen molar-refractivity contribution in [1.29, 1.82) is 0 Å². The van der Waals surface area contributed by atoms with Gasteiger partial charge in [0.1, 0.15) is 5.69 Å². The van der Waals surface area contributed by atoms with E-state index in [-0.39, 0.29) is 11.0 Å². The summed E-state index contributed by atoms with van der Waals surface area (Å²) in [6.45, 7) is 5.23. The number of hydrogen-bond acceptors (Lipinski definition) is 4. The van der Waals surface area contributed by atoms with Crippen LogP contribution < -0.4 is 10.9 Å². The quantitative estimate of drug-likeness (QED) is 0.908. The Morgan fingerprint density at radius 2 is 2.19 bits per heavy atom. The minimum atomic E-state index is -0.106. The van der Waals surface area contributed by atoms with E-state index in [9.17, 15) is 4.79 Å². The Morgan fingerprint density at radius 3 is 2.86 bits per heavy atom. The number of nitrogens with zero attached hydrogens (tertiary/aromatic N) is 2. The Bertz CT molecular complexity index is 563. The van der Waals surface area contributed by atoms with Crippen LogP contribution in [0.1, 0.15) is 32.6 Å². The molecule has 0 bridgehead atoms. The van der Waals surface area contributed by atoms with Crippen molar-refractivity contribution in [3.05, 3.63) is 21.6 Å². The highest BCUT2D eigenvalue weighted by atomic mass is 35.5. The molecule has 1 N–H and O–H groups in total. The molecule has 0 amide bonds. The van der Waals surface area contributed by atoms with Crippen LogP contribution in [0.2, 0.25) is 5.02 Å². The minimum Gasteiger partial charge on any atom is -0.381 e. The zero-order chi connectivity index (χ0) is 14.9. The summed E-state index contributed by atoms with van der Waals surface area (Å²) in [5.74, 6) is 0.609. The maximum Gasteiger partial charge on any atom is 0.291 e. The van der Waals surface area contributed by atoms with Crippen LogP contribution in [0.3, 0.4) is 0 Å². The van der Waals surface area contributed by atoms with Crippen molar-refractivity contribution in [2.24, 2.45) is 11.3 Å². The summed E-state index contributed by atoms with van der Waals surface area (Å²) in [7, 11) is 0. The first kappa shape index (κ1) is 14.9. The van der Waals surface area contributed by atoms with Gasteiger partial charge in [-0.1, -0.05) is 18.5 Å². The first-order valence-electron chi connectivity index (χ1n) is 7.65. The molecule has 1 aliphatic heterocycles. The molecule has 2 aliphatic rings. The molecule has 1 aromatic rings. The monoisotopic (exact) mass is 311 g/mol. The van der Waals surface area contributed by atoms with Crippen LogP contribution in [0, 0.1) is 11.3 Å². The van der Waals surface area contributed by atoms with Crippen LogP contribution in [-0.4, -0.2) is 29.5 Å². The average Bonchev–Trinajstić information content (AvgIpc) is 3.27. The second-order valence-electron chi connectivity index (χ2n) is 6.57. The normalized spacial score (nSPS) is 21.2. The van der Waals surface area contributed by atoms with Gasteiger partial charge in [-0.2, -0.15) is 5.10 Å². The maximum absolute atomic E-state index is 12.5. The molecule has 1 saturated carbocycles. The fourth-order valence-corrected chi connectivity index (χ4v) is 2.84. The molecule has 2 heterocycles. The molecule has 2 fully saturated rings. The summed E-state index contributed by atoms with van der Waals surface area (Å²) in [4.78, 5) is 12.5. The maximum atomic E-state index is 12.5. The Kier molecular flexibility index (Phi) is 4.22. The Morgan fingerprint density at radius 1 is 1.48 bits per heavy atom. The van der Waals surface area contributed by atoms with E-state index in [1.54, 1.807) is 6.20 Å². The molecule has 0 atom stereocenters. The second kappa shape index (κ2) is 5.97. The lowest BCUT2D eigenvalue weighted by atomic mass is 9.82. The molecule has 116 valence electrons. The van der Waals surface area contributed by atoms with Crippen molar-refractivity contribution in [1.82, 2.24) is 9.78 Å². The van der Waals surface area contributed by atoms with Crippen LogP contribution in [0.25, 0.3) is 0 Å². The van der Waals surface area contributed by atoms with Gasteiger partial charge in [-0.3, -0.25) is 4.79 Å². The molecule has 5 nitrogen and oxygen atoms in total. The smallest absolute Gasteiger partial charge is 0.291 e. The zero-order valence-electron chi connectivity index (χ0n) is 12.4. The first-order valence-corrected chi connectivity index (χ1v) is 8.02. The number of hydrogen-bond donors (Lipinski definition) is 1. The van der Waals surface area contributed by atoms with Gasteiger partial charge in [0.2, 0.25) is 0 Å². The number of ether oxygens (including phenoxy) is 1. The molecule has 1 aromatic heterocycles. The molecule has 0 aromatic carbocycles. The summed E-state index contributed by atoms with van der Waals surface area (Å²) in [5, 5.41) is 7.81. The van der Waals surface area contributed by atoms with Gasteiger partial charge < -0.3 is 10.1 Å². The van der Waals surface area contributed by atoms with Crippen molar-refractivity contribution >= 4 is 17.3 Å². The highest BCUT2D eigenvalue weighted by Crippen LogP contribution is 2.31. The number of anilines is 1. The lowest BCUT2D eigenvalue weighted by molar-refractivity contribution is 0.0300. The third kappa shape index (κ3) is 3.58. The summed E-state index contributed by atoms with van der Waals surface area (Å²) in [6, 6.07) is 0. The number of nitrogens with one attached hydrogen (secondary N) is 1. The van der Waals surface area contributed by atoms with Gasteiger partial charge in [-0.25, -0.2) is 4.68 Å². The van der Waals surface area contributed by atoms with E-state index in [1.807, 2.05) is 0 Å². The van der Waals surface area contributed by atoms with Crippen molar-refractivity contribution in [2.45, 2.75) is 39.2 Å². The molecule has 0 radical (unpaired) electrons. The number of halogens is 1. The predicted molar refractivity (Wildman–Crippen MR) is 82.9 cm³/mol. The van der Waals surface area contributed by atoms with E-state index < -0.39 is 0 Å². The highest BCUT2D eigenvalue weighted by Gasteiger charge is 2.28. The van der Waals surface area contributed by atoms with Crippen molar-refractivity contribution in [3.8, 4) is 0 Å². The van der Waals surface area contributed by atoms with Gasteiger partial charge in [-0.15, -0.1) is 0 Å². The molecule has 1 aliphatic carbocycles. The highest BCUT2D eigenvalue weighted by molar-refractivity contribution is 6.32. The second-order valence-corrected chi connectivity index (χ2v) is 6.98. The summed E-state index contributed by atoms with van der Waals surface area (Å²) < 4.78 is 6.94. The molecule has 0 spiro atoms. The molecular formula is C15H22ClN3O2. The van der Waals surface area contributed by atoms with E-state index in [0.29, 0.717) is 23.2 Å². The van der Waals surface area contributed by atoms with Crippen LogP contribution in [-0.2, 0) is 11.3 Å². The van der Waals surface area contributed by atoms with Crippen LogP contribution in [0.4, 0.5) is 5.69 Å². The molecular weight excluding hydrogens is 290 g/mol. The van der Waals surface area contributed by atoms with E-state index in [2.05, 4.69) is 17.3 Å². The van der Waals surface area contributed by atoms with Gasteiger partial charge in [0.25, 0.3) is 5.56 Å². The standard InChI is InChI=1S/C15H22ClN3O2/c1-15(4-6-21-7-5-15)10-17-13-12(16)8-18-19(14(13)20)9-11-2-3-11/h8,11,17H,2-7,9-10H2,1H3. The fraction of sp³-hybridized carbons (Fsp3) is 0.733. The largest absolute Gasteiger partial charge is 0.381 e. The number of rotatable bonds is 5. The minimum absolute atomic E-state index is 0.106. The predicted octanol–water partition coefficient (Wildman–Crippen LogP) is 2.54. The van der Waals surface area contributed by atoms with E-state index >= 15 is 0 Å². The van der Waals surface area contributed by atoms with Crippen LogP contribution in [0.5, 0.6) is 0 Å². The third-order valence-electron chi connectivity index (χ3n) is 4.52. The Labute approximate surface area is 129 Å². The first-order chi connectivity index (χ1) is 10.1. The van der Waals surface area contributed by atoms with Crippen LogP contribution >= 0.6 is 11.6 Å². The molecule has 6 heteroatoms. The van der Waals surface area contributed by atoms with Gasteiger partial charge in [0.15, 0.2) is 0 Å². The summed E-state index contributed by atoms with van der Waals surface area (Å²) >= 11 is 6.15. The van der Waals surface area contributed by atoms with Gasteiger partial charge in [0, 0.05) is 26.3 Å². The van der Waals surface area contributed by atoms with Crippen LogP contribution in [0.15, 0.2) is 11.0 Å². The fourth-order valence-electron chi connectivity index (χ4n) is 2.65. The lowest BCUT2D eigenvalue weighted by Crippen LogP contribution is -2.35. The van der Waals surface area contributed by atoms with Gasteiger partial charge in [0.05, 0.1) is 11.2 Å². The van der Waals surface area contributed by atoms with Crippen molar-refractivity contribution < 1.29 is 4.74 Å². The molecule has 1 saturated heterocycles. The van der Waals surface area contributed by atoms with E-state index in [4.69, 9.17) is 16.3 Å².